The van der Waals surface area contributed by atoms with E-state index in [1.807, 2.05) is 30.6 Å². The summed E-state index contributed by atoms with van der Waals surface area (Å²) in [6, 6.07) is 8.21. The Labute approximate surface area is 242 Å². The van der Waals surface area contributed by atoms with Gasteiger partial charge in [0.15, 0.2) is 0 Å². The summed E-state index contributed by atoms with van der Waals surface area (Å²) in [4.78, 5) is 50.6. The predicted octanol–water partition coefficient (Wildman–Crippen LogP) is 4.22. The number of benzene rings is 2. The lowest BCUT2D eigenvalue weighted by Gasteiger charge is -2.44. The van der Waals surface area contributed by atoms with Gasteiger partial charge in [-0.2, -0.15) is 4.98 Å². The zero-order valence-corrected chi connectivity index (χ0v) is 24.4. The molecule has 4 heterocycles. The minimum atomic E-state index is -0.355. The van der Waals surface area contributed by atoms with E-state index >= 15 is 0 Å². The van der Waals surface area contributed by atoms with Crippen LogP contribution < -0.4 is 10.6 Å². The summed E-state index contributed by atoms with van der Waals surface area (Å²) in [6.45, 7) is 11.8. The first-order chi connectivity index (χ1) is 19.7. The fourth-order valence-electron chi connectivity index (χ4n) is 6.77. The molecule has 0 radical (unpaired) electrons. The van der Waals surface area contributed by atoms with Crippen molar-refractivity contribution in [1.29, 1.82) is 0 Å². The number of amides is 2. The van der Waals surface area contributed by atoms with Crippen LogP contribution in [0.1, 0.15) is 32.3 Å². The lowest BCUT2D eigenvalue weighted by atomic mass is 9.97. The van der Waals surface area contributed by atoms with Crippen LogP contribution in [0.25, 0.3) is 22.0 Å². The van der Waals surface area contributed by atoms with Crippen molar-refractivity contribution >= 4 is 40.3 Å². The van der Waals surface area contributed by atoms with Crippen molar-refractivity contribution in [1.82, 2.24) is 19.4 Å². The Morgan fingerprint density at radius 3 is 2.46 bits per heavy atom. The van der Waals surface area contributed by atoms with E-state index in [1.54, 1.807) is 28.5 Å². The number of thioether (sulfide) groups is 1. The van der Waals surface area contributed by atoms with Gasteiger partial charge < -0.3 is 14.7 Å². The van der Waals surface area contributed by atoms with Crippen molar-refractivity contribution in [2.24, 2.45) is 0 Å². The van der Waals surface area contributed by atoms with Gasteiger partial charge in [-0.15, -0.1) is 11.8 Å². The lowest BCUT2D eigenvalue weighted by Crippen LogP contribution is -2.58. The SMILES string of the molecule is C=CC(=O)N1[C@H](C)CN(c2nc(=O)n3c4c(c(-c5ccc(F)cc5)c(C)cc24)SC[C@@H](N2CCCC2=O)C3)C[C@@H]1C. The molecule has 3 aliphatic rings. The average Bonchev–Trinajstić information content (AvgIpc) is 3.26. The highest BCUT2D eigenvalue weighted by atomic mass is 32.2. The molecule has 214 valence electrons. The van der Waals surface area contributed by atoms with Crippen LogP contribution in [0.5, 0.6) is 0 Å². The third-order valence-corrected chi connectivity index (χ3v) is 9.78. The Kier molecular flexibility index (Phi) is 7.13. The second-order valence-electron chi connectivity index (χ2n) is 11.3. The van der Waals surface area contributed by atoms with Gasteiger partial charge in [0, 0.05) is 66.3 Å². The fraction of sp³-hybridized carbons (Fsp3) is 0.419. The van der Waals surface area contributed by atoms with Gasteiger partial charge in [-0.1, -0.05) is 18.7 Å². The van der Waals surface area contributed by atoms with Crippen LogP contribution in [-0.2, 0) is 16.1 Å². The van der Waals surface area contributed by atoms with Crippen molar-refractivity contribution in [2.75, 3.05) is 30.3 Å². The number of aromatic nitrogens is 2. The van der Waals surface area contributed by atoms with E-state index in [0.717, 1.165) is 38.9 Å². The van der Waals surface area contributed by atoms with Crippen LogP contribution in [0.3, 0.4) is 0 Å². The number of nitrogens with zero attached hydrogens (tertiary/aromatic N) is 5. The number of aryl methyl sites for hydroxylation is 1. The average molecular weight is 576 g/mol. The molecule has 0 bridgehead atoms. The Balaban J connectivity index is 1.54. The molecule has 2 amide bonds. The number of hydrogen-bond acceptors (Lipinski definition) is 6. The maximum absolute atomic E-state index is 13.9. The number of carbonyl (C=O) groups is 2. The second-order valence-corrected chi connectivity index (χ2v) is 12.4. The van der Waals surface area contributed by atoms with Crippen LogP contribution in [0, 0.1) is 12.7 Å². The third kappa shape index (κ3) is 4.71. The minimum Gasteiger partial charge on any atom is -0.352 e. The monoisotopic (exact) mass is 575 g/mol. The maximum atomic E-state index is 13.9. The molecule has 8 nitrogen and oxygen atoms in total. The van der Waals surface area contributed by atoms with Crippen LogP contribution >= 0.6 is 11.8 Å². The number of rotatable bonds is 4. The van der Waals surface area contributed by atoms with Crippen molar-refractivity contribution in [3.05, 3.63) is 64.9 Å². The molecule has 0 saturated carbocycles. The van der Waals surface area contributed by atoms with E-state index in [2.05, 4.69) is 22.5 Å². The zero-order valence-electron chi connectivity index (χ0n) is 23.6. The molecule has 2 aromatic carbocycles. The summed E-state index contributed by atoms with van der Waals surface area (Å²) in [5.41, 5.74) is 3.28. The molecule has 1 aromatic heterocycles. The van der Waals surface area contributed by atoms with Gasteiger partial charge in [-0.05, 0) is 62.6 Å². The summed E-state index contributed by atoms with van der Waals surface area (Å²) in [6.07, 6.45) is 2.70. The second kappa shape index (κ2) is 10.6. The molecule has 2 fully saturated rings. The lowest BCUT2D eigenvalue weighted by molar-refractivity contribution is -0.131. The molecule has 3 atom stereocenters. The largest absolute Gasteiger partial charge is 0.352 e. The Morgan fingerprint density at radius 1 is 1.12 bits per heavy atom. The summed E-state index contributed by atoms with van der Waals surface area (Å²) in [5, 5.41) is 0.867. The Hall–Kier alpha value is -3.66. The molecule has 3 aromatic rings. The molecule has 0 unspecified atom stereocenters. The molecule has 3 aliphatic heterocycles. The highest BCUT2D eigenvalue weighted by molar-refractivity contribution is 7.99. The zero-order chi connectivity index (χ0) is 29.0. The van der Waals surface area contributed by atoms with Crippen molar-refractivity contribution in [3.8, 4) is 11.1 Å². The molecule has 0 spiro atoms. The van der Waals surface area contributed by atoms with Crippen LogP contribution in [0.4, 0.5) is 10.2 Å². The normalized spacial score (nSPS) is 22.8. The van der Waals surface area contributed by atoms with E-state index < -0.39 is 0 Å². The highest BCUT2D eigenvalue weighted by Crippen LogP contribution is 2.44. The van der Waals surface area contributed by atoms with Crippen LogP contribution in [-0.4, -0.2) is 74.7 Å². The van der Waals surface area contributed by atoms with E-state index in [1.165, 1.54) is 18.2 Å². The first-order valence-electron chi connectivity index (χ1n) is 14.1. The van der Waals surface area contributed by atoms with E-state index in [0.29, 0.717) is 44.2 Å². The third-order valence-electron chi connectivity index (χ3n) is 8.54. The molecular weight excluding hydrogens is 541 g/mol. The first kappa shape index (κ1) is 27.5. The molecule has 41 heavy (non-hydrogen) atoms. The first-order valence-corrected chi connectivity index (χ1v) is 15.1. The molecule has 10 heteroatoms. The molecule has 0 aliphatic carbocycles. The van der Waals surface area contributed by atoms with E-state index in [4.69, 9.17) is 0 Å². The van der Waals surface area contributed by atoms with Gasteiger partial charge in [-0.3, -0.25) is 14.2 Å². The predicted molar refractivity (Wildman–Crippen MR) is 160 cm³/mol. The van der Waals surface area contributed by atoms with Gasteiger partial charge in [-0.25, -0.2) is 9.18 Å². The maximum Gasteiger partial charge on any atom is 0.350 e. The fourth-order valence-corrected chi connectivity index (χ4v) is 8.20. The van der Waals surface area contributed by atoms with E-state index in [-0.39, 0.29) is 41.4 Å². The standard InChI is InChI=1S/C31H34FN5O3S/c1-5-25(38)37-19(3)14-34(15-20(37)4)30-24-13-18(2)27(21-8-10-22(32)11-9-21)29-28(24)36(31(40)33-30)16-23(17-41-29)35-12-6-7-26(35)39/h5,8-11,13,19-20,23H,1,6-7,12,14-17H2,2-4H3/t19-,20+,23-/m0/s1. The molecule has 2 saturated heterocycles. The van der Waals surface area contributed by atoms with Gasteiger partial charge in [0.2, 0.25) is 11.8 Å². The summed E-state index contributed by atoms with van der Waals surface area (Å²) in [7, 11) is 0. The van der Waals surface area contributed by atoms with Gasteiger partial charge >= 0.3 is 5.69 Å². The number of anilines is 1. The summed E-state index contributed by atoms with van der Waals surface area (Å²) < 4.78 is 15.6. The molecule has 6 rings (SSSR count). The van der Waals surface area contributed by atoms with Gasteiger partial charge in [0.25, 0.3) is 0 Å². The van der Waals surface area contributed by atoms with Crippen molar-refractivity contribution < 1.29 is 14.0 Å². The van der Waals surface area contributed by atoms with Crippen molar-refractivity contribution in [2.45, 2.75) is 63.2 Å². The van der Waals surface area contributed by atoms with Crippen LogP contribution in [0.2, 0.25) is 0 Å². The number of hydrogen-bond donors (Lipinski definition) is 0. The summed E-state index contributed by atoms with van der Waals surface area (Å²) >= 11 is 1.65. The van der Waals surface area contributed by atoms with Crippen molar-refractivity contribution in [3.63, 3.8) is 0 Å². The molecular formula is C31H34FN5O3S. The smallest absolute Gasteiger partial charge is 0.350 e. The topological polar surface area (TPSA) is 78.8 Å². The minimum absolute atomic E-state index is 0.0989. The molecule has 0 N–H and O–H groups in total. The van der Waals surface area contributed by atoms with Gasteiger partial charge in [0.1, 0.15) is 11.6 Å². The summed E-state index contributed by atoms with van der Waals surface area (Å²) in [5.74, 6) is 0.965. The number of piperazine rings is 1. The Morgan fingerprint density at radius 2 is 1.83 bits per heavy atom. The quantitative estimate of drug-likeness (QED) is 0.434. The highest BCUT2D eigenvalue weighted by Gasteiger charge is 2.36. The number of carbonyl (C=O) groups excluding carboxylic acids is 2. The van der Waals surface area contributed by atoms with E-state index in [9.17, 15) is 18.8 Å². The van der Waals surface area contributed by atoms with Crippen LogP contribution in [0.15, 0.2) is 52.7 Å². The number of halogens is 1. The number of likely N-dealkylation sites (tertiary alicyclic amines) is 1. The Bertz CT molecular complexity index is 1610. The van der Waals surface area contributed by atoms with Gasteiger partial charge in [0.05, 0.1) is 11.6 Å².